The van der Waals surface area contributed by atoms with Crippen molar-refractivity contribution in [3.8, 4) is 5.75 Å². The average Bonchev–Trinajstić information content (AvgIpc) is 2.53. The molecule has 0 aromatic heterocycles. The van der Waals surface area contributed by atoms with Gasteiger partial charge in [0, 0.05) is 25.3 Å². The Kier molecular flexibility index (Phi) is 5.89. The standard InChI is InChI=1S/C21H29NO2/c1-16(23)15-24-20-8-6-7-19(13-20)22(5)14-17-9-11-18(12-10-17)21(2,3)4/h6-13,16,23H,14-15H2,1-5H3. The van der Waals surface area contributed by atoms with Crippen molar-refractivity contribution in [3.05, 3.63) is 59.7 Å². The van der Waals surface area contributed by atoms with Gasteiger partial charge < -0.3 is 14.7 Å². The second-order valence-corrected chi connectivity index (χ2v) is 7.46. The summed E-state index contributed by atoms with van der Waals surface area (Å²) in [5.74, 6) is 0.781. The topological polar surface area (TPSA) is 32.7 Å². The van der Waals surface area contributed by atoms with Gasteiger partial charge in [0.2, 0.25) is 0 Å². The van der Waals surface area contributed by atoms with E-state index in [0.717, 1.165) is 18.0 Å². The van der Waals surface area contributed by atoms with Crippen LogP contribution in [0.15, 0.2) is 48.5 Å². The molecule has 3 heteroatoms. The summed E-state index contributed by atoms with van der Waals surface area (Å²) in [6.07, 6.45) is -0.465. The van der Waals surface area contributed by atoms with Crippen molar-refractivity contribution in [2.24, 2.45) is 0 Å². The van der Waals surface area contributed by atoms with E-state index in [1.165, 1.54) is 11.1 Å². The SMILES string of the molecule is CC(O)COc1cccc(N(C)Cc2ccc(C(C)(C)C)cc2)c1. The highest BCUT2D eigenvalue weighted by Gasteiger charge is 2.13. The molecule has 0 heterocycles. The molecular weight excluding hydrogens is 298 g/mol. The van der Waals surface area contributed by atoms with Crippen molar-refractivity contribution in [1.82, 2.24) is 0 Å². The van der Waals surface area contributed by atoms with Crippen molar-refractivity contribution in [1.29, 1.82) is 0 Å². The van der Waals surface area contributed by atoms with Crippen LogP contribution in [0.5, 0.6) is 5.75 Å². The first-order valence-electron chi connectivity index (χ1n) is 8.47. The molecule has 0 bridgehead atoms. The van der Waals surface area contributed by atoms with E-state index in [1.54, 1.807) is 6.92 Å². The fourth-order valence-corrected chi connectivity index (χ4v) is 2.50. The third-order valence-electron chi connectivity index (χ3n) is 3.99. The maximum Gasteiger partial charge on any atom is 0.121 e. The van der Waals surface area contributed by atoms with Crippen LogP contribution < -0.4 is 9.64 Å². The van der Waals surface area contributed by atoms with Crippen molar-refractivity contribution in [3.63, 3.8) is 0 Å². The van der Waals surface area contributed by atoms with Crippen molar-refractivity contribution < 1.29 is 9.84 Å². The zero-order valence-electron chi connectivity index (χ0n) is 15.4. The van der Waals surface area contributed by atoms with Gasteiger partial charge in [-0.1, -0.05) is 51.1 Å². The smallest absolute Gasteiger partial charge is 0.121 e. The maximum atomic E-state index is 9.33. The van der Waals surface area contributed by atoms with E-state index in [-0.39, 0.29) is 5.41 Å². The Morgan fingerprint density at radius 3 is 2.33 bits per heavy atom. The van der Waals surface area contributed by atoms with Gasteiger partial charge in [0.1, 0.15) is 12.4 Å². The second kappa shape index (κ2) is 7.71. The van der Waals surface area contributed by atoms with E-state index >= 15 is 0 Å². The van der Waals surface area contributed by atoms with Gasteiger partial charge in [0.05, 0.1) is 6.10 Å². The van der Waals surface area contributed by atoms with E-state index in [9.17, 15) is 5.11 Å². The number of hydrogen-bond donors (Lipinski definition) is 1. The van der Waals surface area contributed by atoms with Crippen LogP contribution in [0.4, 0.5) is 5.69 Å². The van der Waals surface area contributed by atoms with Crippen LogP contribution in [0.2, 0.25) is 0 Å². The van der Waals surface area contributed by atoms with Gasteiger partial charge in [0.15, 0.2) is 0 Å². The molecular formula is C21H29NO2. The van der Waals surface area contributed by atoms with E-state index in [4.69, 9.17) is 4.74 Å². The van der Waals surface area contributed by atoms with Crippen molar-refractivity contribution in [2.75, 3.05) is 18.6 Å². The van der Waals surface area contributed by atoms with Crippen LogP contribution >= 0.6 is 0 Å². The van der Waals surface area contributed by atoms with Gasteiger partial charge in [0.25, 0.3) is 0 Å². The number of aliphatic hydroxyl groups is 1. The lowest BCUT2D eigenvalue weighted by Gasteiger charge is -2.22. The number of benzene rings is 2. The minimum absolute atomic E-state index is 0.181. The lowest BCUT2D eigenvalue weighted by molar-refractivity contribution is 0.123. The van der Waals surface area contributed by atoms with Crippen LogP contribution in [0.25, 0.3) is 0 Å². The third kappa shape index (κ3) is 5.27. The van der Waals surface area contributed by atoms with E-state index < -0.39 is 6.10 Å². The van der Waals surface area contributed by atoms with Crippen LogP contribution in [0, 0.1) is 0 Å². The summed E-state index contributed by atoms with van der Waals surface area (Å²) >= 11 is 0. The highest BCUT2D eigenvalue weighted by atomic mass is 16.5. The van der Waals surface area contributed by atoms with E-state index in [2.05, 4.69) is 63.1 Å². The summed E-state index contributed by atoms with van der Waals surface area (Å²) in [5.41, 5.74) is 3.90. The molecule has 0 saturated carbocycles. The zero-order valence-corrected chi connectivity index (χ0v) is 15.4. The van der Waals surface area contributed by atoms with Gasteiger partial charge >= 0.3 is 0 Å². The Labute approximate surface area is 145 Å². The summed E-state index contributed by atoms with van der Waals surface area (Å²) in [7, 11) is 2.07. The number of aliphatic hydroxyl groups excluding tert-OH is 1. The Bertz CT molecular complexity index is 642. The molecule has 1 atom stereocenters. The first-order valence-corrected chi connectivity index (χ1v) is 8.47. The molecule has 0 saturated heterocycles. The first-order chi connectivity index (χ1) is 11.3. The Balaban J connectivity index is 2.04. The molecule has 0 aliphatic carbocycles. The molecule has 24 heavy (non-hydrogen) atoms. The predicted molar refractivity (Wildman–Crippen MR) is 101 cm³/mol. The number of rotatable bonds is 6. The van der Waals surface area contributed by atoms with Crippen molar-refractivity contribution in [2.45, 2.75) is 45.8 Å². The summed E-state index contributed by atoms with van der Waals surface area (Å²) < 4.78 is 5.58. The molecule has 3 nitrogen and oxygen atoms in total. The molecule has 2 aromatic rings. The molecule has 0 spiro atoms. The van der Waals surface area contributed by atoms with Gasteiger partial charge in [-0.3, -0.25) is 0 Å². The van der Waals surface area contributed by atoms with E-state index in [1.807, 2.05) is 18.2 Å². The number of anilines is 1. The molecule has 1 N–H and O–H groups in total. The Morgan fingerprint density at radius 2 is 1.75 bits per heavy atom. The van der Waals surface area contributed by atoms with Gasteiger partial charge in [-0.25, -0.2) is 0 Å². The lowest BCUT2D eigenvalue weighted by atomic mass is 9.87. The molecule has 0 fully saturated rings. The van der Waals surface area contributed by atoms with Crippen LogP contribution in [-0.4, -0.2) is 24.9 Å². The number of ether oxygens (including phenoxy) is 1. The molecule has 2 rings (SSSR count). The first kappa shape index (κ1) is 18.3. The normalized spacial score (nSPS) is 12.8. The quantitative estimate of drug-likeness (QED) is 0.854. The Hall–Kier alpha value is -2.00. The number of nitrogens with zero attached hydrogens (tertiary/aromatic N) is 1. The van der Waals surface area contributed by atoms with Gasteiger partial charge in [-0.2, -0.15) is 0 Å². The van der Waals surface area contributed by atoms with Crippen LogP contribution in [0.1, 0.15) is 38.8 Å². The molecule has 130 valence electrons. The minimum atomic E-state index is -0.465. The monoisotopic (exact) mass is 327 g/mol. The fourth-order valence-electron chi connectivity index (χ4n) is 2.50. The molecule has 2 aromatic carbocycles. The largest absolute Gasteiger partial charge is 0.491 e. The van der Waals surface area contributed by atoms with Crippen molar-refractivity contribution >= 4 is 5.69 Å². The average molecular weight is 327 g/mol. The van der Waals surface area contributed by atoms with Gasteiger partial charge in [-0.05, 0) is 35.6 Å². The second-order valence-electron chi connectivity index (χ2n) is 7.46. The summed E-state index contributed by atoms with van der Waals surface area (Å²) in [5, 5.41) is 9.33. The van der Waals surface area contributed by atoms with Crippen LogP contribution in [0.3, 0.4) is 0 Å². The fraction of sp³-hybridized carbons (Fsp3) is 0.429. The molecule has 0 amide bonds. The predicted octanol–water partition coefficient (Wildman–Crippen LogP) is 4.38. The minimum Gasteiger partial charge on any atom is -0.491 e. The summed E-state index contributed by atoms with van der Waals surface area (Å²) in [6.45, 7) is 9.55. The third-order valence-corrected chi connectivity index (χ3v) is 3.99. The molecule has 0 radical (unpaired) electrons. The summed E-state index contributed by atoms with van der Waals surface area (Å²) in [6, 6.07) is 16.8. The van der Waals surface area contributed by atoms with Gasteiger partial charge in [-0.15, -0.1) is 0 Å². The maximum absolute atomic E-state index is 9.33. The number of hydrogen-bond acceptors (Lipinski definition) is 3. The molecule has 1 unspecified atom stereocenters. The highest BCUT2D eigenvalue weighted by molar-refractivity contribution is 5.50. The Morgan fingerprint density at radius 1 is 1.08 bits per heavy atom. The molecule has 0 aliphatic rings. The summed E-state index contributed by atoms with van der Waals surface area (Å²) in [4.78, 5) is 2.20. The van der Waals surface area contributed by atoms with E-state index in [0.29, 0.717) is 6.61 Å². The highest BCUT2D eigenvalue weighted by Crippen LogP contribution is 2.24. The molecule has 0 aliphatic heterocycles. The zero-order chi connectivity index (χ0) is 17.7. The lowest BCUT2D eigenvalue weighted by Crippen LogP contribution is -2.17. The van der Waals surface area contributed by atoms with Crippen LogP contribution in [-0.2, 0) is 12.0 Å².